The molecule has 0 radical (unpaired) electrons. The van der Waals surface area contributed by atoms with E-state index in [-0.39, 0.29) is 5.91 Å². The minimum atomic E-state index is -0.839. The van der Waals surface area contributed by atoms with Crippen LogP contribution >= 0.6 is 0 Å². The van der Waals surface area contributed by atoms with Gasteiger partial charge in [-0.05, 0) is 68.6 Å². The van der Waals surface area contributed by atoms with Gasteiger partial charge in [-0.15, -0.1) is 0 Å². The first kappa shape index (κ1) is 15.3. The maximum Gasteiger partial charge on any atom is 0.243 e. The normalized spacial score (nSPS) is 39.3. The van der Waals surface area contributed by atoms with Crippen molar-refractivity contribution in [2.24, 2.45) is 23.2 Å². The van der Waals surface area contributed by atoms with Gasteiger partial charge in [0.15, 0.2) is 0 Å². The molecule has 4 saturated carbocycles. The molecule has 1 unspecified atom stereocenters. The van der Waals surface area contributed by atoms with E-state index in [0.717, 1.165) is 17.8 Å². The van der Waals surface area contributed by atoms with Crippen molar-refractivity contribution in [1.82, 2.24) is 5.32 Å². The van der Waals surface area contributed by atoms with Gasteiger partial charge in [-0.3, -0.25) is 9.00 Å². The van der Waals surface area contributed by atoms with E-state index in [1.165, 1.54) is 44.1 Å². The molecule has 1 atom stereocenters. The Labute approximate surface area is 130 Å². The Morgan fingerprint density at radius 3 is 2.19 bits per heavy atom. The molecule has 0 aliphatic heterocycles. The minimum Gasteiger partial charge on any atom is -0.352 e. The van der Waals surface area contributed by atoms with Crippen LogP contribution in [0.5, 0.6) is 0 Å². The van der Waals surface area contributed by atoms with E-state index in [0.29, 0.717) is 17.7 Å². The molecule has 0 aromatic heterocycles. The van der Waals surface area contributed by atoms with Gasteiger partial charge in [0.25, 0.3) is 0 Å². The van der Waals surface area contributed by atoms with Crippen LogP contribution in [0.2, 0.25) is 0 Å². The van der Waals surface area contributed by atoms with Crippen LogP contribution < -0.4 is 5.32 Å². The van der Waals surface area contributed by atoms with Gasteiger partial charge >= 0.3 is 0 Å². The highest BCUT2D eigenvalue weighted by atomic mass is 32.2. The molecule has 4 heteroatoms. The molecule has 3 nitrogen and oxygen atoms in total. The van der Waals surface area contributed by atoms with E-state index in [9.17, 15) is 9.00 Å². The van der Waals surface area contributed by atoms with Crippen LogP contribution in [0.15, 0.2) is 11.6 Å². The van der Waals surface area contributed by atoms with E-state index in [4.69, 9.17) is 0 Å². The van der Waals surface area contributed by atoms with Gasteiger partial charge in [0.1, 0.15) is 0 Å². The van der Waals surface area contributed by atoms with Crippen LogP contribution in [0.4, 0.5) is 0 Å². The number of carbonyl (C=O) groups excluding carboxylic acids is 1. The zero-order valence-corrected chi connectivity index (χ0v) is 14.0. The monoisotopic (exact) mass is 309 g/mol. The second kappa shape index (κ2) is 5.86. The molecule has 118 valence electrons. The molecule has 0 saturated heterocycles. The highest BCUT2D eigenvalue weighted by Gasteiger charge is 2.51. The number of hydrogen-bond acceptors (Lipinski definition) is 2. The smallest absolute Gasteiger partial charge is 0.243 e. The molecule has 0 aromatic carbocycles. The van der Waals surface area contributed by atoms with Crippen LogP contribution in [-0.2, 0) is 15.6 Å². The zero-order valence-electron chi connectivity index (χ0n) is 13.2. The van der Waals surface area contributed by atoms with Crippen molar-refractivity contribution in [3.05, 3.63) is 11.6 Å². The van der Waals surface area contributed by atoms with Gasteiger partial charge < -0.3 is 5.32 Å². The molecule has 4 rings (SSSR count). The largest absolute Gasteiger partial charge is 0.352 e. The lowest BCUT2D eigenvalue weighted by Gasteiger charge is -2.57. The summed E-state index contributed by atoms with van der Waals surface area (Å²) >= 11 is 0. The molecule has 1 amide bonds. The Kier molecular flexibility index (Phi) is 4.26. The summed E-state index contributed by atoms with van der Waals surface area (Å²) < 4.78 is 11.0. The zero-order chi connectivity index (χ0) is 15.0. The first-order valence-electron chi connectivity index (χ1n) is 8.23. The van der Waals surface area contributed by atoms with Crippen molar-refractivity contribution in [1.29, 1.82) is 0 Å². The second-order valence-corrected chi connectivity index (χ2v) is 9.15. The Bertz CT molecular complexity index is 448. The van der Waals surface area contributed by atoms with E-state index < -0.39 is 10.8 Å². The van der Waals surface area contributed by atoms with E-state index >= 15 is 0 Å². The molecule has 4 aliphatic carbocycles. The average Bonchev–Trinajstić information content (AvgIpc) is 2.36. The first-order chi connectivity index (χ1) is 9.97. The van der Waals surface area contributed by atoms with Crippen molar-refractivity contribution in [3.8, 4) is 0 Å². The molecule has 4 bridgehead atoms. The summed E-state index contributed by atoms with van der Waals surface area (Å²) in [5, 5.41) is 2.87. The lowest BCUT2D eigenvalue weighted by molar-refractivity contribution is -0.116. The highest BCUT2D eigenvalue weighted by molar-refractivity contribution is 7.84. The first-order valence-corrected chi connectivity index (χ1v) is 9.96. The standard InChI is InChI=1S/C17H27NO2S/c1-12(5-16(19)18-3-4-21(2)20)17-9-13-6-14(10-17)8-15(7-13)11-17/h5,13-15H,3-4,6-11H2,1-2H3,(H,18,19). The van der Waals surface area contributed by atoms with Gasteiger partial charge in [0.05, 0.1) is 0 Å². The molecule has 0 heterocycles. The van der Waals surface area contributed by atoms with E-state index in [1.807, 2.05) is 6.08 Å². The van der Waals surface area contributed by atoms with Gasteiger partial charge in [0, 0.05) is 35.4 Å². The van der Waals surface area contributed by atoms with Crippen LogP contribution in [0.1, 0.15) is 45.4 Å². The summed E-state index contributed by atoms with van der Waals surface area (Å²) in [7, 11) is -0.839. The van der Waals surface area contributed by atoms with Crippen LogP contribution in [0, 0.1) is 23.2 Å². The van der Waals surface area contributed by atoms with Crippen LogP contribution in [0.25, 0.3) is 0 Å². The third-order valence-electron chi connectivity index (χ3n) is 5.91. The molecule has 1 N–H and O–H groups in total. The Balaban J connectivity index is 1.64. The average molecular weight is 309 g/mol. The summed E-state index contributed by atoms with van der Waals surface area (Å²) in [6.07, 6.45) is 11.7. The fourth-order valence-corrected chi connectivity index (χ4v) is 5.70. The molecule has 4 aliphatic rings. The van der Waals surface area contributed by atoms with E-state index in [1.54, 1.807) is 6.26 Å². The van der Waals surface area contributed by atoms with Crippen molar-refractivity contribution >= 4 is 16.7 Å². The summed E-state index contributed by atoms with van der Waals surface area (Å²) in [4.78, 5) is 12.0. The third kappa shape index (κ3) is 3.25. The minimum absolute atomic E-state index is 0.00584. The molecule has 0 spiro atoms. The molecule has 21 heavy (non-hydrogen) atoms. The fourth-order valence-electron chi connectivity index (χ4n) is 5.31. The number of amides is 1. The van der Waals surface area contributed by atoms with Gasteiger partial charge in [0.2, 0.25) is 5.91 Å². The van der Waals surface area contributed by atoms with Crippen molar-refractivity contribution in [2.75, 3.05) is 18.6 Å². The van der Waals surface area contributed by atoms with E-state index in [2.05, 4.69) is 12.2 Å². The van der Waals surface area contributed by atoms with Crippen molar-refractivity contribution in [3.63, 3.8) is 0 Å². The number of carbonyl (C=O) groups is 1. The SMILES string of the molecule is CC(=CC(=O)NCCS(C)=O)C12CC3CC(CC(C3)C1)C2. The topological polar surface area (TPSA) is 46.2 Å². The Morgan fingerprint density at radius 1 is 1.19 bits per heavy atom. The maximum absolute atomic E-state index is 12.0. The fraction of sp³-hybridized carbons (Fsp3) is 0.824. The van der Waals surface area contributed by atoms with Gasteiger partial charge in [-0.25, -0.2) is 0 Å². The number of hydrogen-bond donors (Lipinski definition) is 1. The van der Waals surface area contributed by atoms with Crippen LogP contribution in [0.3, 0.4) is 0 Å². The highest BCUT2D eigenvalue weighted by Crippen LogP contribution is 2.62. The predicted octanol–water partition coefficient (Wildman–Crippen LogP) is 2.64. The molecule has 0 aromatic rings. The lowest BCUT2D eigenvalue weighted by atomic mass is 9.48. The van der Waals surface area contributed by atoms with Crippen molar-refractivity contribution < 1.29 is 9.00 Å². The van der Waals surface area contributed by atoms with Gasteiger partial charge in [-0.1, -0.05) is 5.57 Å². The summed E-state index contributed by atoms with van der Waals surface area (Å²) in [6.45, 7) is 2.66. The predicted molar refractivity (Wildman–Crippen MR) is 86.3 cm³/mol. The van der Waals surface area contributed by atoms with Crippen LogP contribution in [-0.4, -0.2) is 28.7 Å². The Morgan fingerprint density at radius 2 is 1.71 bits per heavy atom. The lowest BCUT2D eigenvalue weighted by Crippen LogP contribution is -2.46. The maximum atomic E-state index is 12.0. The Hall–Kier alpha value is -0.640. The summed E-state index contributed by atoms with van der Waals surface area (Å²) in [6, 6.07) is 0. The quantitative estimate of drug-likeness (QED) is 0.794. The summed E-state index contributed by atoms with van der Waals surface area (Å²) in [5.74, 6) is 3.25. The summed E-state index contributed by atoms with van der Waals surface area (Å²) in [5.41, 5.74) is 1.61. The third-order valence-corrected chi connectivity index (χ3v) is 6.69. The second-order valence-electron chi connectivity index (χ2n) is 7.59. The van der Waals surface area contributed by atoms with Gasteiger partial charge in [-0.2, -0.15) is 0 Å². The molecular formula is C17H27NO2S. The number of rotatable bonds is 5. The number of allylic oxidation sites excluding steroid dienone is 1. The molecule has 4 fully saturated rings. The molecular weight excluding hydrogens is 282 g/mol. The van der Waals surface area contributed by atoms with Crippen molar-refractivity contribution in [2.45, 2.75) is 45.4 Å². The number of nitrogens with one attached hydrogen (secondary N) is 1.